The number of hydrogen-bond acceptors (Lipinski definition) is 5. The molecule has 2 aromatic heterocycles. The van der Waals surface area contributed by atoms with E-state index in [0.29, 0.717) is 11.0 Å². The average Bonchev–Trinajstić information content (AvgIpc) is 2.42. The molecule has 1 aliphatic heterocycles. The Hall–Kier alpha value is -2.08. The number of nitrogens with one attached hydrogen (secondary N) is 1. The smallest absolute Gasteiger partial charge is 0.223 e. The highest BCUT2D eigenvalue weighted by Crippen LogP contribution is 2.35. The van der Waals surface area contributed by atoms with Gasteiger partial charge in [-0.05, 0) is 22.5 Å². The fraction of sp³-hybridized carbons (Fsp3) is 0.429. The van der Waals surface area contributed by atoms with E-state index in [1.165, 1.54) is 0 Å². The van der Waals surface area contributed by atoms with Gasteiger partial charge >= 0.3 is 0 Å². The second-order valence-corrected chi connectivity index (χ2v) is 6.06. The molecule has 0 radical (unpaired) electrons. The molecular weight excluding hydrogens is 304 g/mol. The summed E-state index contributed by atoms with van der Waals surface area (Å²) in [6, 6.07) is 1.74. The fourth-order valence-electron chi connectivity index (χ4n) is 2.34. The Morgan fingerprint density at radius 3 is 2.77 bits per heavy atom. The first kappa shape index (κ1) is 14.8. The van der Waals surface area contributed by atoms with Crippen molar-refractivity contribution in [3.63, 3.8) is 0 Å². The minimum absolute atomic E-state index is 0.113. The van der Waals surface area contributed by atoms with Gasteiger partial charge in [0.25, 0.3) is 0 Å². The molecule has 2 aromatic rings. The molecule has 0 aliphatic carbocycles. The zero-order chi connectivity index (χ0) is 15.7. The summed E-state index contributed by atoms with van der Waals surface area (Å²) in [7, 11) is 0. The maximum Gasteiger partial charge on any atom is 0.223 e. The molecular formula is C14H15ClN6O. The van der Waals surface area contributed by atoms with E-state index in [1.54, 1.807) is 18.5 Å². The third kappa shape index (κ3) is 2.66. The molecule has 1 aliphatic rings. The monoisotopic (exact) mass is 318 g/mol. The minimum Gasteiger partial charge on any atom is -0.471 e. The third-order valence-corrected chi connectivity index (χ3v) is 3.88. The number of azide groups is 1. The molecule has 3 heterocycles. The standard InChI is InChI=1S/C14H15ClN6O/c1-14(2,20-21-16)11-7-19-13(22-8-4-17-5-8)10-6-18-12(15)3-9(10)11/h3,6-8,17H,4-5H2,1-2H3. The summed E-state index contributed by atoms with van der Waals surface area (Å²) in [5, 5.41) is 8.95. The highest BCUT2D eigenvalue weighted by atomic mass is 35.5. The van der Waals surface area contributed by atoms with Crippen molar-refractivity contribution in [3.05, 3.63) is 39.6 Å². The third-order valence-electron chi connectivity index (χ3n) is 3.68. The Morgan fingerprint density at radius 2 is 2.14 bits per heavy atom. The van der Waals surface area contributed by atoms with Crippen molar-refractivity contribution in [2.75, 3.05) is 13.1 Å². The van der Waals surface area contributed by atoms with Crippen molar-refractivity contribution in [1.82, 2.24) is 15.3 Å². The molecule has 8 heteroatoms. The predicted molar refractivity (Wildman–Crippen MR) is 84.0 cm³/mol. The Bertz CT molecular complexity index is 767. The first-order valence-electron chi connectivity index (χ1n) is 6.89. The van der Waals surface area contributed by atoms with Crippen molar-refractivity contribution in [3.8, 4) is 5.88 Å². The van der Waals surface area contributed by atoms with Crippen LogP contribution >= 0.6 is 11.6 Å². The second kappa shape index (κ2) is 5.61. The van der Waals surface area contributed by atoms with Crippen LogP contribution in [0, 0.1) is 0 Å². The van der Waals surface area contributed by atoms with Crippen LogP contribution in [0.3, 0.4) is 0 Å². The molecule has 0 unspecified atom stereocenters. The van der Waals surface area contributed by atoms with Crippen LogP contribution in [0.5, 0.6) is 5.88 Å². The Kier molecular flexibility index (Phi) is 3.78. The van der Waals surface area contributed by atoms with Gasteiger partial charge in [0.05, 0.1) is 10.9 Å². The number of halogens is 1. The van der Waals surface area contributed by atoms with E-state index < -0.39 is 5.54 Å². The van der Waals surface area contributed by atoms with E-state index in [4.69, 9.17) is 21.9 Å². The Balaban J connectivity index is 2.16. The molecule has 0 aromatic carbocycles. The van der Waals surface area contributed by atoms with Gasteiger partial charge in [-0.2, -0.15) is 0 Å². The first-order chi connectivity index (χ1) is 10.5. The van der Waals surface area contributed by atoms with Crippen LogP contribution in [0.1, 0.15) is 19.4 Å². The predicted octanol–water partition coefficient (Wildman–Crippen LogP) is 3.18. The van der Waals surface area contributed by atoms with Crippen LogP contribution in [-0.4, -0.2) is 29.2 Å². The van der Waals surface area contributed by atoms with Crippen LogP contribution in [0.15, 0.2) is 23.6 Å². The molecule has 0 saturated carbocycles. The van der Waals surface area contributed by atoms with Gasteiger partial charge in [0.15, 0.2) is 0 Å². The summed E-state index contributed by atoms with van der Waals surface area (Å²) in [6.07, 6.45) is 3.43. The summed E-state index contributed by atoms with van der Waals surface area (Å²) in [5.74, 6) is 0.520. The van der Waals surface area contributed by atoms with Gasteiger partial charge in [-0.25, -0.2) is 9.97 Å². The average molecular weight is 319 g/mol. The zero-order valence-electron chi connectivity index (χ0n) is 12.2. The van der Waals surface area contributed by atoms with Gasteiger partial charge in [0, 0.05) is 30.4 Å². The number of fused-ring (bicyclic) bond motifs is 1. The number of aromatic nitrogens is 2. The summed E-state index contributed by atoms with van der Waals surface area (Å²) in [6.45, 7) is 5.26. The first-order valence-corrected chi connectivity index (χ1v) is 7.27. The Morgan fingerprint density at radius 1 is 1.36 bits per heavy atom. The molecule has 0 bridgehead atoms. The molecule has 1 saturated heterocycles. The van der Waals surface area contributed by atoms with Gasteiger partial charge in [0.1, 0.15) is 11.3 Å². The summed E-state index contributed by atoms with van der Waals surface area (Å²) >= 11 is 6.03. The van der Waals surface area contributed by atoms with Gasteiger partial charge in [0.2, 0.25) is 5.88 Å². The number of ether oxygens (including phenoxy) is 1. The largest absolute Gasteiger partial charge is 0.471 e. The van der Waals surface area contributed by atoms with Crippen molar-refractivity contribution in [2.45, 2.75) is 25.5 Å². The molecule has 22 heavy (non-hydrogen) atoms. The van der Waals surface area contributed by atoms with Crippen molar-refractivity contribution in [2.24, 2.45) is 5.11 Å². The van der Waals surface area contributed by atoms with Crippen molar-refractivity contribution in [1.29, 1.82) is 0 Å². The van der Waals surface area contributed by atoms with Gasteiger partial charge in [-0.1, -0.05) is 30.6 Å². The lowest BCUT2D eigenvalue weighted by molar-refractivity contribution is 0.138. The number of nitrogens with zero attached hydrogens (tertiary/aromatic N) is 5. The lowest BCUT2D eigenvalue weighted by Gasteiger charge is -2.28. The van der Waals surface area contributed by atoms with Crippen molar-refractivity contribution >= 4 is 22.4 Å². The van der Waals surface area contributed by atoms with Gasteiger partial charge in [-0.3, -0.25) is 0 Å². The van der Waals surface area contributed by atoms with Crippen LogP contribution in [0.4, 0.5) is 0 Å². The fourth-order valence-corrected chi connectivity index (χ4v) is 2.49. The molecule has 0 spiro atoms. The lowest BCUT2D eigenvalue weighted by Crippen LogP contribution is -2.50. The number of pyridine rings is 2. The topological polar surface area (TPSA) is 95.8 Å². The summed E-state index contributed by atoms with van der Waals surface area (Å²) in [5.41, 5.74) is 8.80. The van der Waals surface area contributed by atoms with Gasteiger partial charge in [-0.15, -0.1) is 0 Å². The molecule has 1 fully saturated rings. The SMILES string of the molecule is CC(C)(N=[N+]=[N-])c1cnc(OC2CNC2)c2cnc(Cl)cc12. The number of rotatable bonds is 4. The molecule has 7 nitrogen and oxygen atoms in total. The lowest BCUT2D eigenvalue weighted by atomic mass is 9.93. The van der Waals surface area contributed by atoms with Crippen LogP contribution in [0.2, 0.25) is 5.15 Å². The maximum absolute atomic E-state index is 8.77. The van der Waals surface area contributed by atoms with Crippen LogP contribution < -0.4 is 10.1 Å². The van der Waals surface area contributed by atoms with E-state index in [0.717, 1.165) is 29.4 Å². The molecule has 1 N–H and O–H groups in total. The zero-order valence-corrected chi connectivity index (χ0v) is 13.0. The van der Waals surface area contributed by atoms with Crippen molar-refractivity contribution < 1.29 is 4.74 Å². The highest BCUT2D eigenvalue weighted by Gasteiger charge is 2.25. The minimum atomic E-state index is -0.749. The Labute approximate surface area is 132 Å². The molecule has 0 atom stereocenters. The van der Waals surface area contributed by atoms with E-state index in [9.17, 15) is 0 Å². The molecule has 114 valence electrons. The summed E-state index contributed by atoms with van der Waals surface area (Å²) in [4.78, 5) is 11.4. The maximum atomic E-state index is 8.77. The van der Waals surface area contributed by atoms with E-state index in [1.807, 2.05) is 13.8 Å². The normalized spacial score (nSPS) is 15.2. The van der Waals surface area contributed by atoms with Gasteiger partial charge < -0.3 is 10.1 Å². The van der Waals surface area contributed by atoms with E-state index in [-0.39, 0.29) is 6.10 Å². The van der Waals surface area contributed by atoms with Crippen LogP contribution in [-0.2, 0) is 5.54 Å². The molecule has 3 rings (SSSR count). The second-order valence-electron chi connectivity index (χ2n) is 5.68. The summed E-state index contributed by atoms with van der Waals surface area (Å²) < 4.78 is 5.87. The number of hydrogen-bond donors (Lipinski definition) is 1. The quantitative estimate of drug-likeness (QED) is 0.405. The molecule has 0 amide bonds. The highest BCUT2D eigenvalue weighted by molar-refractivity contribution is 6.30. The van der Waals surface area contributed by atoms with E-state index >= 15 is 0 Å². The van der Waals surface area contributed by atoms with Crippen LogP contribution in [0.25, 0.3) is 21.2 Å². The van der Waals surface area contributed by atoms with E-state index in [2.05, 4.69) is 25.3 Å².